The Balaban J connectivity index is 2.00. The molecule has 0 amide bonds. The molecule has 0 aromatic heterocycles. The Morgan fingerprint density at radius 1 is 1.00 bits per heavy atom. The first kappa shape index (κ1) is 4.29. The van der Waals surface area contributed by atoms with Crippen molar-refractivity contribution < 1.29 is 0 Å². The van der Waals surface area contributed by atoms with Gasteiger partial charge in [0.05, 0.1) is 0 Å². The van der Waals surface area contributed by atoms with Gasteiger partial charge >= 0.3 is 0 Å². The summed E-state index contributed by atoms with van der Waals surface area (Å²) < 4.78 is 0. The molecule has 0 saturated carbocycles. The third-order valence-corrected chi connectivity index (χ3v) is 1.50. The maximum Gasteiger partial charge on any atom is 0.112 e. The molecular weight excluding hydrogens is 69.7 g/mol. The summed E-state index contributed by atoms with van der Waals surface area (Å²) in [4.78, 5) is 0. The van der Waals surface area contributed by atoms with Gasteiger partial charge in [0.25, 0.3) is 0 Å². The number of hydrogen-bond acceptors (Lipinski definition) is 0. The van der Waals surface area contributed by atoms with Crippen LogP contribution in [0.1, 0.15) is 6.42 Å². The van der Waals surface area contributed by atoms with Crippen LogP contribution in [0.3, 0.4) is 0 Å². The lowest BCUT2D eigenvalue weighted by Gasteiger charge is -2.02. The normalized spacial score (nSPS) is 21.3. The van der Waals surface area contributed by atoms with E-state index in [9.17, 15) is 0 Å². The van der Waals surface area contributed by atoms with Crippen LogP contribution >= 0.6 is 0 Å². The molecule has 0 radical (unpaired) electrons. The van der Waals surface area contributed by atoms with Gasteiger partial charge in [0.2, 0.25) is 0 Å². The molecule has 0 aromatic rings. The molecule has 0 aromatic carbocycles. The van der Waals surface area contributed by atoms with Gasteiger partial charge in [-0.3, -0.25) is 0 Å². The van der Waals surface area contributed by atoms with Crippen LogP contribution in [0.15, 0.2) is 0 Å². The average Bonchev–Trinajstić information content (AvgIpc) is 1.72. The smallest absolute Gasteiger partial charge is 0.101 e. The molecule has 0 atom stereocenters. The van der Waals surface area contributed by atoms with Crippen LogP contribution in [0.2, 0.25) is 18.9 Å². The second kappa shape index (κ2) is 2.33. The zero-order chi connectivity index (χ0) is 4.24. The average molecular weight is 79.7 g/mol. The van der Waals surface area contributed by atoms with Crippen molar-refractivity contribution in [2.24, 2.45) is 0 Å². The van der Waals surface area contributed by atoms with Crippen LogP contribution < -0.4 is 0 Å². The van der Waals surface area contributed by atoms with Crippen LogP contribution in [0.5, 0.6) is 0 Å². The van der Waals surface area contributed by atoms with Crippen LogP contribution in [0.4, 0.5) is 0 Å². The molecule has 1 aliphatic heterocycles. The minimum absolute atomic E-state index is 1.50. The first-order valence-corrected chi connectivity index (χ1v) is 3.00. The molecule has 0 spiro atoms. The van der Waals surface area contributed by atoms with Crippen molar-refractivity contribution >= 4 is 14.6 Å². The van der Waals surface area contributed by atoms with E-state index in [-0.39, 0.29) is 0 Å². The van der Waals surface area contributed by atoms with E-state index >= 15 is 0 Å². The molecule has 1 aliphatic rings. The fourth-order valence-corrected chi connectivity index (χ4v) is 1.06. The van der Waals surface area contributed by atoms with Crippen molar-refractivity contribution in [3.63, 3.8) is 0 Å². The molecule has 1 rings (SSSR count). The van der Waals surface area contributed by atoms with Crippen LogP contribution in [0, 0.1) is 0 Å². The molecule has 0 unspecified atom stereocenters. The van der Waals surface area contributed by atoms with E-state index < -0.39 is 0 Å². The van der Waals surface area contributed by atoms with Gasteiger partial charge in [-0.15, -0.1) is 6.22 Å². The topological polar surface area (TPSA) is 0 Å². The van der Waals surface area contributed by atoms with Crippen molar-refractivity contribution in [1.29, 1.82) is 0 Å². The van der Waals surface area contributed by atoms with E-state index in [1.165, 1.54) is 39.8 Å². The molecule has 0 aliphatic carbocycles. The SMILES string of the molecule is B1CBCCC1. The first-order chi connectivity index (χ1) is 3.00. The Morgan fingerprint density at radius 3 is 1.83 bits per heavy atom. The highest BCUT2D eigenvalue weighted by Crippen LogP contribution is 2.04. The first-order valence-electron chi connectivity index (χ1n) is 3.00. The summed E-state index contributed by atoms with van der Waals surface area (Å²) in [5.74, 6) is 0. The molecule has 1 heterocycles. The fourth-order valence-electron chi connectivity index (χ4n) is 1.06. The number of hydrogen-bond donors (Lipinski definition) is 0. The quantitative estimate of drug-likeness (QED) is 0.371. The van der Waals surface area contributed by atoms with Gasteiger partial charge in [-0.25, -0.2) is 0 Å². The van der Waals surface area contributed by atoms with Crippen molar-refractivity contribution in [1.82, 2.24) is 0 Å². The van der Waals surface area contributed by atoms with Gasteiger partial charge < -0.3 is 0 Å². The fraction of sp³-hybridized carbons (Fsp3) is 1.00. The molecule has 0 N–H and O–H groups in total. The highest BCUT2D eigenvalue weighted by molar-refractivity contribution is 6.57. The summed E-state index contributed by atoms with van der Waals surface area (Å²) in [5, 5.41) is 0. The molecule has 32 valence electrons. The zero-order valence-corrected chi connectivity index (χ0v) is 4.24. The monoisotopic (exact) mass is 80.1 g/mol. The van der Waals surface area contributed by atoms with Gasteiger partial charge in [-0.05, 0) is 0 Å². The Labute approximate surface area is 40.8 Å². The lowest BCUT2D eigenvalue weighted by Crippen LogP contribution is -2.03. The van der Waals surface area contributed by atoms with E-state index in [1.54, 1.807) is 0 Å². The third kappa shape index (κ3) is 1.08. The summed E-state index contributed by atoms with van der Waals surface area (Å²) in [5.41, 5.74) is 0. The maximum absolute atomic E-state index is 1.50. The number of rotatable bonds is 0. The van der Waals surface area contributed by atoms with Crippen molar-refractivity contribution in [2.75, 3.05) is 0 Å². The summed E-state index contributed by atoms with van der Waals surface area (Å²) in [6, 6.07) is 0. The van der Waals surface area contributed by atoms with E-state index in [4.69, 9.17) is 0 Å². The molecule has 1 saturated heterocycles. The Kier molecular flexibility index (Phi) is 1.67. The van der Waals surface area contributed by atoms with Gasteiger partial charge in [-0.1, -0.05) is 19.1 Å². The van der Waals surface area contributed by atoms with E-state index in [2.05, 4.69) is 0 Å². The van der Waals surface area contributed by atoms with Gasteiger partial charge in [0.1, 0.15) is 14.6 Å². The molecular formula is C4H10B2. The Bertz CT molecular complexity index is 21.0. The van der Waals surface area contributed by atoms with E-state index in [1.807, 2.05) is 0 Å². The lowest BCUT2D eigenvalue weighted by atomic mass is 9.46. The van der Waals surface area contributed by atoms with Gasteiger partial charge in [0, 0.05) is 0 Å². The Morgan fingerprint density at radius 2 is 1.67 bits per heavy atom. The lowest BCUT2D eigenvalue weighted by molar-refractivity contribution is 1.04. The molecule has 6 heavy (non-hydrogen) atoms. The van der Waals surface area contributed by atoms with Crippen LogP contribution in [-0.4, -0.2) is 14.6 Å². The zero-order valence-electron chi connectivity index (χ0n) is 4.24. The van der Waals surface area contributed by atoms with Gasteiger partial charge in [0.15, 0.2) is 0 Å². The Hall–Kier alpha value is 0.130. The summed E-state index contributed by atoms with van der Waals surface area (Å²) in [6.07, 6.45) is 6.00. The van der Waals surface area contributed by atoms with Crippen molar-refractivity contribution in [2.45, 2.75) is 25.3 Å². The van der Waals surface area contributed by atoms with Crippen LogP contribution in [0.25, 0.3) is 0 Å². The van der Waals surface area contributed by atoms with Crippen molar-refractivity contribution in [3.8, 4) is 0 Å². The highest BCUT2D eigenvalue weighted by Gasteiger charge is 1.99. The second-order valence-electron chi connectivity index (χ2n) is 2.12. The highest BCUT2D eigenvalue weighted by atomic mass is 13.7. The molecule has 0 bridgehead atoms. The molecule has 0 nitrogen and oxygen atoms in total. The summed E-state index contributed by atoms with van der Waals surface area (Å²) >= 11 is 0. The summed E-state index contributed by atoms with van der Waals surface area (Å²) in [7, 11) is 3.00. The maximum atomic E-state index is 1.50. The van der Waals surface area contributed by atoms with Crippen molar-refractivity contribution in [3.05, 3.63) is 0 Å². The molecule has 1 fully saturated rings. The second-order valence-corrected chi connectivity index (χ2v) is 2.12. The predicted molar refractivity (Wildman–Crippen MR) is 33.3 cm³/mol. The largest absolute Gasteiger partial charge is 0.112 e. The van der Waals surface area contributed by atoms with Gasteiger partial charge in [-0.2, -0.15) is 0 Å². The standard InChI is InChI=1S/C4H10B2/c1-2-5-4-6-3-1/h5-6H,1-4H2. The minimum Gasteiger partial charge on any atom is -0.101 e. The predicted octanol–water partition coefficient (Wildman–Crippen LogP) is 0.475. The minimum atomic E-state index is 1.50. The van der Waals surface area contributed by atoms with E-state index in [0.717, 1.165) is 0 Å². The summed E-state index contributed by atoms with van der Waals surface area (Å²) in [6.45, 7) is 0. The van der Waals surface area contributed by atoms with Crippen LogP contribution in [-0.2, 0) is 0 Å². The van der Waals surface area contributed by atoms with E-state index in [0.29, 0.717) is 0 Å². The third-order valence-electron chi connectivity index (χ3n) is 1.50. The molecule has 2 heteroatoms.